The molecule has 1 N–H and O–H groups in total. The fourth-order valence-corrected chi connectivity index (χ4v) is 1.66. The highest BCUT2D eigenvalue weighted by Crippen LogP contribution is 2.20. The van der Waals surface area contributed by atoms with Crippen LogP contribution in [0.25, 0.3) is 0 Å². The lowest BCUT2D eigenvalue weighted by atomic mass is 10.0. The van der Waals surface area contributed by atoms with Gasteiger partial charge in [-0.05, 0) is 12.8 Å². The Kier molecular flexibility index (Phi) is 7.25. The van der Waals surface area contributed by atoms with Crippen LogP contribution < -0.4 is 5.32 Å². The van der Waals surface area contributed by atoms with E-state index in [0.29, 0.717) is 11.2 Å². The Morgan fingerprint density at radius 2 is 2.00 bits per heavy atom. The fourth-order valence-electron chi connectivity index (χ4n) is 1.22. The van der Waals surface area contributed by atoms with Crippen LogP contribution in [-0.4, -0.2) is 11.8 Å². The van der Waals surface area contributed by atoms with Crippen LogP contribution >= 0.6 is 12.6 Å². The van der Waals surface area contributed by atoms with Gasteiger partial charge in [-0.2, -0.15) is 12.6 Å². The van der Waals surface area contributed by atoms with Crippen LogP contribution in [0, 0.1) is 5.92 Å². The number of rotatable bonds is 7. The predicted octanol–water partition coefficient (Wildman–Crippen LogP) is 3.23. The molecule has 0 aliphatic carbocycles. The van der Waals surface area contributed by atoms with E-state index in [1.54, 1.807) is 0 Å². The topological polar surface area (TPSA) is 12.0 Å². The summed E-state index contributed by atoms with van der Waals surface area (Å²) in [5, 5.41) is 3.77. The zero-order chi connectivity index (χ0) is 10.3. The molecule has 13 heavy (non-hydrogen) atoms. The Labute approximate surface area is 88.4 Å². The molecule has 2 atom stereocenters. The van der Waals surface area contributed by atoms with Crippen molar-refractivity contribution in [2.75, 3.05) is 6.54 Å². The Morgan fingerprint density at radius 1 is 1.38 bits per heavy atom. The minimum atomic E-state index is 0.446. The van der Waals surface area contributed by atoms with Crippen LogP contribution in [0.3, 0.4) is 0 Å². The minimum Gasteiger partial charge on any atom is -0.389 e. The second kappa shape index (κ2) is 7.31. The molecule has 0 aromatic carbocycles. The molecule has 0 aliphatic heterocycles. The van der Waals surface area contributed by atoms with E-state index in [2.05, 4.69) is 45.3 Å². The van der Waals surface area contributed by atoms with Crippen LogP contribution in [0.2, 0.25) is 0 Å². The Bertz CT molecular complexity index is 145. The van der Waals surface area contributed by atoms with Gasteiger partial charge in [0.25, 0.3) is 0 Å². The van der Waals surface area contributed by atoms with E-state index in [1.807, 2.05) is 0 Å². The average molecular weight is 201 g/mol. The quantitative estimate of drug-likeness (QED) is 0.603. The molecule has 0 aromatic heterocycles. The molecule has 0 aliphatic rings. The molecule has 0 saturated carbocycles. The van der Waals surface area contributed by atoms with E-state index in [9.17, 15) is 0 Å². The summed E-state index contributed by atoms with van der Waals surface area (Å²) in [4.78, 5) is 0. The van der Waals surface area contributed by atoms with Crippen LogP contribution in [0.15, 0.2) is 12.3 Å². The SMILES string of the molecule is C=C(NCCC)C(C)[C@@H](S)CCC. The molecule has 0 amide bonds. The van der Waals surface area contributed by atoms with Crippen molar-refractivity contribution in [2.45, 2.75) is 45.3 Å². The van der Waals surface area contributed by atoms with Gasteiger partial charge >= 0.3 is 0 Å². The van der Waals surface area contributed by atoms with Crippen molar-refractivity contribution in [2.24, 2.45) is 5.92 Å². The van der Waals surface area contributed by atoms with Crippen molar-refractivity contribution in [1.29, 1.82) is 0 Å². The lowest BCUT2D eigenvalue weighted by Crippen LogP contribution is -2.24. The van der Waals surface area contributed by atoms with E-state index in [-0.39, 0.29) is 0 Å². The maximum absolute atomic E-state index is 4.57. The first-order chi connectivity index (χ1) is 6.13. The largest absolute Gasteiger partial charge is 0.389 e. The molecule has 1 unspecified atom stereocenters. The molecule has 0 heterocycles. The van der Waals surface area contributed by atoms with Gasteiger partial charge in [0.05, 0.1) is 0 Å². The molecular weight excluding hydrogens is 178 g/mol. The first-order valence-corrected chi connectivity index (χ1v) is 5.75. The third-order valence-corrected chi connectivity index (χ3v) is 3.02. The van der Waals surface area contributed by atoms with Crippen LogP contribution in [0.5, 0.6) is 0 Å². The van der Waals surface area contributed by atoms with Crippen molar-refractivity contribution in [3.05, 3.63) is 12.3 Å². The van der Waals surface area contributed by atoms with Crippen LogP contribution in [-0.2, 0) is 0 Å². The van der Waals surface area contributed by atoms with Gasteiger partial charge in [0.15, 0.2) is 0 Å². The highest BCUT2D eigenvalue weighted by Gasteiger charge is 2.14. The van der Waals surface area contributed by atoms with Gasteiger partial charge in [0.1, 0.15) is 0 Å². The number of hydrogen-bond donors (Lipinski definition) is 2. The molecule has 2 heteroatoms. The van der Waals surface area contributed by atoms with Crippen molar-refractivity contribution in [1.82, 2.24) is 5.32 Å². The zero-order valence-corrected chi connectivity index (χ0v) is 10.0. The third-order valence-electron chi connectivity index (χ3n) is 2.31. The molecular formula is C11H23NS. The second-order valence-electron chi connectivity index (χ2n) is 3.60. The van der Waals surface area contributed by atoms with E-state index >= 15 is 0 Å². The Hall–Kier alpha value is -0.110. The molecule has 0 aromatic rings. The van der Waals surface area contributed by atoms with Gasteiger partial charge in [-0.3, -0.25) is 0 Å². The van der Waals surface area contributed by atoms with Gasteiger partial charge < -0.3 is 5.32 Å². The van der Waals surface area contributed by atoms with Crippen molar-refractivity contribution in [3.8, 4) is 0 Å². The first-order valence-electron chi connectivity index (χ1n) is 5.24. The summed E-state index contributed by atoms with van der Waals surface area (Å²) in [5.41, 5.74) is 1.13. The molecule has 0 bridgehead atoms. The van der Waals surface area contributed by atoms with Gasteiger partial charge in [-0.15, -0.1) is 0 Å². The molecule has 0 radical (unpaired) electrons. The summed E-state index contributed by atoms with van der Waals surface area (Å²) < 4.78 is 0. The normalized spacial score (nSPS) is 15.1. The lowest BCUT2D eigenvalue weighted by Gasteiger charge is -2.21. The Morgan fingerprint density at radius 3 is 2.46 bits per heavy atom. The summed E-state index contributed by atoms with van der Waals surface area (Å²) in [7, 11) is 0. The summed E-state index contributed by atoms with van der Waals surface area (Å²) in [6, 6.07) is 0. The molecule has 78 valence electrons. The van der Waals surface area contributed by atoms with Gasteiger partial charge in [-0.1, -0.05) is 33.8 Å². The molecule has 0 fully saturated rings. The fraction of sp³-hybridized carbons (Fsp3) is 0.818. The van der Waals surface area contributed by atoms with Gasteiger partial charge in [-0.25, -0.2) is 0 Å². The van der Waals surface area contributed by atoms with Crippen LogP contribution in [0.4, 0.5) is 0 Å². The van der Waals surface area contributed by atoms with E-state index in [4.69, 9.17) is 0 Å². The number of hydrogen-bond acceptors (Lipinski definition) is 2. The van der Waals surface area contributed by atoms with Gasteiger partial charge in [0.2, 0.25) is 0 Å². The number of allylic oxidation sites excluding steroid dienone is 1. The van der Waals surface area contributed by atoms with Gasteiger partial charge in [0, 0.05) is 23.4 Å². The monoisotopic (exact) mass is 201 g/mol. The smallest absolute Gasteiger partial charge is 0.0141 e. The number of thiol groups is 1. The maximum Gasteiger partial charge on any atom is 0.0141 e. The molecule has 1 nitrogen and oxygen atoms in total. The summed E-state index contributed by atoms with van der Waals surface area (Å²) in [6.07, 6.45) is 3.51. The van der Waals surface area contributed by atoms with Crippen molar-refractivity contribution in [3.63, 3.8) is 0 Å². The average Bonchev–Trinajstić information content (AvgIpc) is 2.13. The van der Waals surface area contributed by atoms with Crippen molar-refractivity contribution >= 4 is 12.6 Å². The van der Waals surface area contributed by atoms with E-state index in [1.165, 1.54) is 6.42 Å². The second-order valence-corrected chi connectivity index (χ2v) is 4.26. The standard InChI is InChI=1S/C11H23NS/c1-5-7-11(13)9(3)10(4)12-8-6-2/h9,11-13H,4-8H2,1-3H3/t9?,11-/m0/s1. The van der Waals surface area contributed by atoms with Crippen LogP contribution in [0.1, 0.15) is 40.0 Å². The Balaban J connectivity index is 3.79. The third kappa shape index (κ3) is 5.25. The molecule has 0 saturated heterocycles. The highest BCUT2D eigenvalue weighted by atomic mass is 32.1. The maximum atomic E-state index is 4.57. The van der Waals surface area contributed by atoms with E-state index in [0.717, 1.165) is 25.1 Å². The number of nitrogens with one attached hydrogen (secondary N) is 1. The van der Waals surface area contributed by atoms with Crippen molar-refractivity contribution < 1.29 is 0 Å². The summed E-state index contributed by atoms with van der Waals surface area (Å²) >= 11 is 4.57. The molecule has 0 rings (SSSR count). The zero-order valence-electron chi connectivity index (χ0n) is 9.14. The summed E-state index contributed by atoms with van der Waals surface area (Å²) in [6.45, 7) is 11.6. The lowest BCUT2D eigenvalue weighted by molar-refractivity contribution is 0.550. The predicted molar refractivity (Wildman–Crippen MR) is 64.3 cm³/mol. The first kappa shape index (κ1) is 12.9. The van der Waals surface area contributed by atoms with E-state index < -0.39 is 0 Å². The molecule has 0 spiro atoms. The highest BCUT2D eigenvalue weighted by molar-refractivity contribution is 7.81. The minimum absolute atomic E-state index is 0.446. The summed E-state index contributed by atoms with van der Waals surface area (Å²) in [5.74, 6) is 0.467.